The molecule has 0 aromatic heterocycles. The van der Waals surface area contributed by atoms with Crippen molar-refractivity contribution in [2.45, 2.75) is 96.4 Å². The lowest BCUT2D eigenvalue weighted by atomic mass is 9.81. The summed E-state index contributed by atoms with van der Waals surface area (Å²) >= 11 is 0. The van der Waals surface area contributed by atoms with E-state index in [2.05, 4.69) is 22.2 Å². The van der Waals surface area contributed by atoms with Gasteiger partial charge in [0.05, 0.1) is 5.54 Å². The quantitative estimate of drug-likeness (QED) is 0.298. The van der Waals surface area contributed by atoms with Crippen LogP contribution in [0.15, 0.2) is 17.3 Å². The fourth-order valence-electron chi connectivity index (χ4n) is 4.10. The van der Waals surface area contributed by atoms with Crippen LogP contribution >= 0.6 is 0 Å². The van der Waals surface area contributed by atoms with Gasteiger partial charge >= 0.3 is 0 Å². The minimum atomic E-state index is -0.799. The van der Waals surface area contributed by atoms with Crippen LogP contribution in [0.25, 0.3) is 0 Å². The van der Waals surface area contributed by atoms with Crippen LogP contribution in [0.5, 0.6) is 0 Å². The Morgan fingerprint density at radius 3 is 2.37 bits per heavy atom. The van der Waals surface area contributed by atoms with Gasteiger partial charge in [-0.05, 0) is 38.5 Å². The minimum absolute atomic E-state index is 0.00557. The first kappa shape index (κ1) is 26.0. The van der Waals surface area contributed by atoms with Crippen molar-refractivity contribution in [1.29, 1.82) is 0 Å². The van der Waals surface area contributed by atoms with Crippen molar-refractivity contribution in [1.82, 2.24) is 10.6 Å². The van der Waals surface area contributed by atoms with Gasteiger partial charge in [-0.1, -0.05) is 46.1 Å². The molecule has 0 unspecified atom stereocenters. The molecule has 1 aliphatic heterocycles. The number of nitrogens with one attached hydrogen (secondary N) is 2. The highest BCUT2D eigenvalue weighted by Crippen LogP contribution is 2.26. The Kier molecular flexibility index (Phi) is 12.2. The minimum Gasteiger partial charge on any atom is -0.389 e. The second kappa shape index (κ2) is 14.0. The zero-order valence-electron chi connectivity index (χ0n) is 19.1. The highest BCUT2D eigenvalue weighted by Gasteiger charge is 2.37. The molecule has 30 heavy (non-hydrogen) atoms. The maximum absolute atomic E-state index is 13.4. The average Bonchev–Trinajstić information content (AvgIpc) is 2.71. The third-order valence-electron chi connectivity index (χ3n) is 6.23. The molecule has 0 aliphatic carbocycles. The Balaban J connectivity index is 2.95. The predicted molar refractivity (Wildman–Crippen MR) is 124 cm³/mol. The molecule has 0 saturated carbocycles. The third kappa shape index (κ3) is 9.18. The number of nitrogens with zero attached hydrogens (tertiary/aromatic N) is 1. The Morgan fingerprint density at radius 2 is 1.73 bits per heavy atom. The summed E-state index contributed by atoms with van der Waals surface area (Å²) in [6, 6.07) is 0. The number of allylic oxidation sites excluding steroid dienone is 1. The molecule has 0 spiro atoms. The van der Waals surface area contributed by atoms with E-state index in [9.17, 15) is 9.59 Å². The largest absolute Gasteiger partial charge is 0.389 e. The molecule has 1 fully saturated rings. The number of aliphatic imine (C=N–C) groups is 1. The Labute approximate surface area is 182 Å². The fraction of sp³-hybridized carbons (Fsp3) is 0.783. The molecule has 0 aromatic rings. The van der Waals surface area contributed by atoms with Crippen molar-refractivity contribution < 1.29 is 9.59 Å². The lowest BCUT2D eigenvalue weighted by Crippen LogP contribution is -2.54. The first-order valence-electron chi connectivity index (χ1n) is 11.7. The van der Waals surface area contributed by atoms with E-state index < -0.39 is 5.54 Å². The van der Waals surface area contributed by atoms with Gasteiger partial charge in [-0.2, -0.15) is 0 Å². The van der Waals surface area contributed by atoms with Crippen molar-refractivity contribution in [3.8, 4) is 0 Å². The fourth-order valence-corrected chi connectivity index (χ4v) is 4.10. The van der Waals surface area contributed by atoms with Crippen molar-refractivity contribution in [2.24, 2.45) is 22.4 Å². The summed E-state index contributed by atoms with van der Waals surface area (Å²) in [7, 11) is 0. The number of ketones is 1. The summed E-state index contributed by atoms with van der Waals surface area (Å²) in [6.45, 7) is 9.58. The molecule has 7 heteroatoms. The van der Waals surface area contributed by atoms with Gasteiger partial charge in [0, 0.05) is 37.5 Å². The average molecular weight is 422 g/mol. The number of carbonyl (C=O) groups is 2. The molecule has 1 saturated heterocycles. The first-order chi connectivity index (χ1) is 14.3. The van der Waals surface area contributed by atoms with Crippen LogP contribution in [0.3, 0.4) is 0 Å². The smallest absolute Gasteiger partial charge is 0.220 e. The molecule has 0 aromatic carbocycles. The number of guanidine groups is 1. The van der Waals surface area contributed by atoms with Gasteiger partial charge in [-0.15, -0.1) is 0 Å². The van der Waals surface area contributed by atoms with Crippen molar-refractivity contribution >= 4 is 17.6 Å². The van der Waals surface area contributed by atoms with Crippen LogP contribution in [0.4, 0.5) is 0 Å². The monoisotopic (exact) mass is 421 g/mol. The summed E-state index contributed by atoms with van der Waals surface area (Å²) < 4.78 is 0. The lowest BCUT2D eigenvalue weighted by molar-refractivity contribution is -0.133. The maximum Gasteiger partial charge on any atom is 0.220 e. The lowest BCUT2D eigenvalue weighted by Gasteiger charge is -2.33. The van der Waals surface area contributed by atoms with Crippen LogP contribution in [-0.2, 0) is 9.59 Å². The van der Waals surface area contributed by atoms with Crippen LogP contribution in [-0.4, -0.2) is 36.3 Å². The number of Topliss-reactive ketones (excluding diaryl/α,β-unsaturated/α-hetero) is 1. The van der Waals surface area contributed by atoms with Crippen molar-refractivity contribution in [3.63, 3.8) is 0 Å². The van der Waals surface area contributed by atoms with E-state index in [1.54, 1.807) is 0 Å². The van der Waals surface area contributed by atoms with Crippen LogP contribution in [0, 0.1) is 5.92 Å². The molecular formula is C23H43N5O2. The first-order valence-corrected chi connectivity index (χ1v) is 11.7. The van der Waals surface area contributed by atoms with Gasteiger partial charge in [-0.25, -0.2) is 0 Å². The zero-order chi connectivity index (χ0) is 22.4. The van der Waals surface area contributed by atoms with Gasteiger partial charge < -0.3 is 22.1 Å². The van der Waals surface area contributed by atoms with Crippen LogP contribution in [0.2, 0.25) is 0 Å². The number of rotatable bonds is 6. The SMILES string of the molecule is C=C1NCCCCCCCCC(=O)NC(CC)(CC)C(=O)C[C@H]1CCCN=C(N)N. The second-order valence-corrected chi connectivity index (χ2v) is 8.43. The normalized spacial score (nSPS) is 22.1. The number of carbonyl (C=O) groups excluding carboxylic acids is 2. The molecular weight excluding hydrogens is 378 g/mol. The summed E-state index contributed by atoms with van der Waals surface area (Å²) in [5.74, 6) is 0.150. The molecule has 172 valence electrons. The van der Waals surface area contributed by atoms with E-state index in [0.29, 0.717) is 32.2 Å². The van der Waals surface area contributed by atoms with Crippen LogP contribution in [0.1, 0.15) is 90.9 Å². The van der Waals surface area contributed by atoms with Gasteiger partial charge in [-0.3, -0.25) is 14.6 Å². The molecule has 0 radical (unpaired) electrons. The van der Waals surface area contributed by atoms with Crippen molar-refractivity contribution in [3.05, 3.63) is 12.3 Å². The third-order valence-corrected chi connectivity index (χ3v) is 6.23. The molecule has 1 heterocycles. The van der Waals surface area contributed by atoms with E-state index in [0.717, 1.165) is 57.2 Å². The standard InChI is InChI=1S/C23H43N5O2/c1-4-23(5-2)20(29)17-19(13-12-16-27-22(24)25)18(3)26-15-11-9-7-6-8-10-14-21(30)28-23/h19,26H,3-17H2,1-2H3,(H,28,30)(H4,24,25,27)/t19-/m1/s1. The Bertz CT molecular complexity index is 580. The van der Waals surface area contributed by atoms with E-state index in [1.165, 1.54) is 6.42 Å². The van der Waals surface area contributed by atoms with Gasteiger partial charge in [0.2, 0.25) is 5.91 Å². The molecule has 6 N–H and O–H groups in total. The summed E-state index contributed by atoms with van der Waals surface area (Å²) in [5, 5.41) is 6.52. The summed E-state index contributed by atoms with van der Waals surface area (Å²) in [6.07, 6.45) is 10.1. The molecule has 7 nitrogen and oxygen atoms in total. The van der Waals surface area contributed by atoms with E-state index in [1.807, 2.05) is 13.8 Å². The molecule has 1 aliphatic rings. The van der Waals surface area contributed by atoms with Crippen molar-refractivity contribution in [2.75, 3.05) is 13.1 Å². The Hall–Kier alpha value is -2.05. The van der Waals surface area contributed by atoms with E-state index >= 15 is 0 Å². The second-order valence-electron chi connectivity index (χ2n) is 8.43. The molecule has 1 amide bonds. The highest BCUT2D eigenvalue weighted by molar-refractivity contribution is 5.93. The maximum atomic E-state index is 13.4. The van der Waals surface area contributed by atoms with Gasteiger partial charge in [0.25, 0.3) is 0 Å². The van der Waals surface area contributed by atoms with E-state index in [4.69, 9.17) is 11.5 Å². The predicted octanol–water partition coefficient (Wildman–Crippen LogP) is 3.14. The molecule has 1 rings (SSSR count). The number of hydrogen-bond acceptors (Lipinski definition) is 4. The number of amides is 1. The Morgan fingerprint density at radius 1 is 1.10 bits per heavy atom. The van der Waals surface area contributed by atoms with Gasteiger partial charge in [0.1, 0.15) is 0 Å². The topological polar surface area (TPSA) is 123 Å². The highest BCUT2D eigenvalue weighted by atomic mass is 16.2. The van der Waals surface area contributed by atoms with E-state index in [-0.39, 0.29) is 23.6 Å². The molecule has 0 bridgehead atoms. The number of nitrogens with two attached hydrogens (primary N) is 2. The summed E-state index contributed by atoms with van der Waals surface area (Å²) in [5.41, 5.74) is 10.9. The number of hydrogen-bond donors (Lipinski definition) is 4. The summed E-state index contributed by atoms with van der Waals surface area (Å²) in [4.78, 5) is 30.0. The zero-order valence-corrected chi connectivity index (χ0v) is 19.1. The van der Waals surface area contributed by atoms with Crippen LogP contribution < -0.4 is 22.1 Å². The van der Waals surface area contributed by atoms with Gasteiger partial charge in [0.15, 0.2) is 11.7 Å². The molecule has 1 atom stereocenters.